The fraction of sp³-hybridized carbons (Fsp3) is 0.562. The molecule has 1 aliphatic rings. The van der Waals surface area contributed by atoms with Crippen LogP contribution in [0.5, 0.6) is 0 Å². The summed E-state index contributed by atoms with van der Waals surface area (Å²) in [6, 6.07) is 6.35. The van der Waals surface area contributed by atoms with Crippen LogP contribution in [0.1, 0.15) is 43.7 Å². The fourth-order valence-electron chi connectivity index (χ4n) is 2.80. The zero-order valence-corrected chi connectivity index (χ0v) is 12.1. The average Bonchev–Trinajstić information content (AvgIpc) is 2.30. The summed E-state index contributed by atoms with van der Waals surface area (Å²) >= 11 is 0. The van der Waals surface area contributed by atoms with E-state index in [1.54, 1.807) is 0 Å². The molecule has 0 saturated heterocycles. The number of anilines is 1. The smallest absolute Gasteiger partial charge is 0.319 e. The van der Waals surface area contributed by atoms with Crippen LogP contribution in [0.25, 0.3) is 0 Å². The first-order valence-corrected chi connectivity index (χ1v) is 7.19. The Morgan fingerprint density at radius 3 is 2.21 bits per heavy atom. The van der Waals surface area contributed by atoms with Crippen LogP contribution in [0.2, 0.25) is 0 Å². The van der Waals surface area contributed by atoms with E-state index in [0.717, 1.165) is 24.4 Å². The second kappa shape index (κ2) is 6.09. The van der Waals surface area contributed by atoms with Gasteiger partial charge in [0.2, 0.25) is 0 Å². The van der Waals surface area contributed by atoms with E-state index in [-0.39, 0.29) is 6.03 Å². The van der Waals surface area contributed by atoms with Crippen molar-refractivity contribution in [2.24, 2.45) is 5.92 Å². The highest BCUT2D eigenvalue weighted by Gasteiger charge is 2.19. The highest BCUT2D eigenvalue weighted by atomic mass is 16.2. The molecule has 0 atom stereocenters. The normalized spacial score (nSPS) is 22.9. The molecule has 0 aromatic heterocycles. The molecule has 1 aromatic carbocycles. The Balaban J connectivity index is 1.87. The largest absolute Gasteiger partial charge is 0.335 e. The summed E-state index contributed by atoms with van der Waals surface area (Å²) in [5.74, 6) is 0.806. The first kappa shape index (κ1) is 13.9. The third-order valence-electron chi connectivity index (χ3n) is 3.83. The maximum absolute atomic E-state index is 12.0. The summed E-state index contributed by atoms with van der Waals surface area (Å²) in [5.41, 5.74) is 3.21. The third-order valence-corrected chi connectivity index (χ3v) is 3.83. The minimum atomic E-state index is -0.0791. The van der Waals surface area contributed by atoms with Crippen molar-refractivity contribution in [1.29, 1.82) is 0 Å². The van der Waals surface area contributed by atoms with E-state index in [4.69, 9.17) is 0 Å². The lowest BCUT2D eigenvalue weighted by Gasteiger charge is -2.26. The van der Waals surface area contributed by atoms with Gasteiger partial charge in [0, 0.05) is 11.7 Å². The predicted octanol–water partition coefficient (Wildman–Crippen LogP) is 4.00. The van der Waals surface area contributed by atoms with Crippen molar-refractivity contribution < 1.29 is 4.79 Å². The highest BCUT2D eigenvalue weighted by molar-refractivity contribution is 5.89. The summed E-state index contributed by atoms with van der Waals surface area (Å²) < 4.78 is 0. The van der Waals surface area contributed by atoms with E-state index >= 15 is 0 Å². The van der Waals surface area contributed by atoms with Crippen molar-refractivity contribution in [3.63, 3.8) is 0 Å². The van der Waals surface area contributed by atoms with E-state index < -0.39 is 0 Å². The lowest BCUT2D eigenvalue weighted by atomic mass is 9.87. The van der Waals surface area contributed by atoms with Crippen molar-refractivity contribution in [3.8, 4) is 0 Å². The Hall–Kier alpha value is -1.51. The highest BCUT2D eigenvalue weighted by Crippen LogP contribution is 2.23. The Labute approximate surface area is 115 Å². The number of hydrogen-bond donors (Lipinski definition) is 2. The van der Waals surface area contributed by atoms with Gasteiger partial charge < -0.3 is 10.6 Å². The fourth-order valence-corrected chi connectivity index (χ4v) is 2.80. The molecule has 0 bridgehead atoms. The molecule has 1 aliphatic carbocycles. The van der Waals surface area contributed by atoms with Gasteiger partial charge in [-0.2, -0.15) is 0 Å². The molecule has 1 saturated carbocycles. The summed E-state index contributed by atoms with van der Waals surface area (Å²) in [4.78, 5) is 12.0. The Morgan fingerprint density at radius 1 is 1.05 bits per heavy atom. The Bertz CT molecular complexity index is 428. The van der Waals surface area contributed by atoms with Crippen molar-refractivity contribution >= 4 is 11.7 Å². The number of nitrogens with one attached hydrogen (secondary N) is 2. The summed E-state index contributed by atoms with van der Waals surface area (Å²) in [6.45, 7) is 6.36. The van der Waals surface area contributed by atoms with Gasteiger partial charge in [-0.1, -0.05) is 13.0 Å². The summed E-state index contributed by atoms with van der Waals surface area (Å²) in [6.07, 6.45) is 4.63. The zero-order chi connectivity index (χ0) is 13.8. The molecule has 19 heavy (non-hydrogen) atoms. The number of hydrogen-bond acceptors (Lipinski definition) is 1. The molecule has 0 heterocycles. The van der Waals surface area contributed by atoms with Crippen LogP contribution in [0, 0.1) is 19.8 Å². The van der Waals surface area contributed by atoms with Crippen molar-refractivity contribution in [1.82, 2.24) is 5.32 Å². The second-order valence-electron chi connectivity index (χ2n) is 5.93. The van der Waals surface area contributed by atoms with E-state index in [1.807, 2.05) is 26.0 Å². The van der Waals surface area contributed by atoms with E-state index in [2.05, 4.69) is 23.6 Å². The van der Waals surface area contributed by atoms with Crippen molar-refractivity contribution in [2.75, 3.05) is 5.32 Å². The molecular weight excluding hydrogens is 236 g/mol. The molecule has 0 spiro atoms. The molecule has 0 radical (unpaired) electrons. The van der Waals surface area contributed by atoms with E-state index in [1.165, 1.54) is 24.0 Å². The maximum atomic E-state index is 12.0. The molecule has 0 unspecified atom stereocenters. The minimum Gasteiger partial charge on any atom is -0.335 e. The van der Waals surface area contributed by atoms with Crippen LogP contribution < -0.4 is 10.6 Å². The van der Waals surface area contributed by atoms with Crippen LogP contribution in [-0.4, -0.2) is 12.1 Å². The van der Waals surface area contributed by atoms with Gasteiger partial charge in [-0.05, 0) is 68.7 Å². The average molecular weight is 260 g/mol. The van der Waals surface area contributed by atoms with Gasteiger partial charge in [0.05, 0.1) is 0 Å². The molecule has 2 amide bonds. The number of carbonyl (C=O) groups is 1. The predicted molar refractivity (Wildman–Crippen MR) is 79.5 cm³/mol. The topological polar surface area (TPSA) is 41.1 Å². The van der Waals surface area contributed by atoms with Gasteiger partial charge >= 0.3 is 6.03 Å². The molecule has 2 N–H and O–H groups in total. The number of aryl methyl sites for hydroxylation is 2. The maximum Gasteiger partial charge on any atom is 0.319 e. The summed E-state index contributed by atoms with van der Waals surface area (Å²) in [5, 5.41) is 6.01. The van der Waals surface area contributed by atoms with Gasteiger partial charge in [0.15, 0.2) is 0 Å². The van der Waals surface area contributed by atoms with Crippen molar-refractivity contribution in [3.05, 3.63) is 29.3 Å². The van der Waals surface area contributed by atoms with Gasteiger partial charge in [-0.15, -0.1) is 0 Å². The lowest BCUT2D eigenvalue weighted by Crippen LogP contribution is -2.39. The zero-order valence-electron chi connectivity index (χ0n) is 12.1. The van der Waals surface area contributed by atoms with Gasteiger partial charge in [0.25, 0.3) is 0 Å². The van der Waals surface area contributed by atoms with E-state index in [9.17, 15) is 4.79 Å². The lowest BCUT2D eigenvalue weighted by molar-refractivity contribution is 0.239. The molecule has 1 fully saturated rings. The van der Waals surface area contributed by atoms with Crippen LogP contribution in [0.4, 0.5) is 10.5 Å². The van der Waals surface area contributed by atoms with Gasteiger partial charge in [0.1, 0.15) is 0 Å². The van der Waals surface area contributed by atoms with Crippen LogP contribution in [-0.2, 0) is 0 Å². The van der Waals surface area contributed by atoms with Crippen molar-refractivity contribution in [2.45, 2.75) is 52.5 Å². The molecule has 0 aliphatic heterocycles. The number of rotatable bonds is 2. The van der Waals surface area contributed by atoms with Gasteiger partial charge in [-0.3, -0.25) is 0 Å². The monoisotopic (exact) mass is 260 g/mol. The van der Waals surface area contributed by atoms with Gasteiger partial charge in [-0.25, -0.2) is 4.79 Å². The standard InChI is InChI=1S/C16H24N2O/c1-11-4-6-14(7-5-11)17-16(19)18-15-9-12(2)8-13(3)10-15/h8-11,14H,4-7H2,1-3H3,(H2,17,18,19). The summed E-state index contributed by atoms with van der Waals surface area (Å²) in [7, 11) is 0. The molecule has 3 heteroatoms. The second-order valence-corrected chi connectivity index (χ2v) is 5.93. The Kier molecular flexibility index (Phi) is 4.46. The molecule has 1 aromatic rings. The Morgan fingerprint density at radius 2 is 1.63 bits per heavy atom. The van der Waals surface area contributed by atoms with E-state index in [0.29, 0.717) is 6.04 Å². The first-order valence-electron chi connectivity index (χ1n) is 7.19. The number of amides is 2. The minimum absolute atomic E-state index is 0.0791. The molecule has 3 nitrogen and oxygen atoms in total. The van der Waals surface area contributed by atoms with Crippen LogP contribution in [0.15, 0.2) is 18.2 Å². The third kappa shape index (κ3) is 4.27. The number of benzene rings is 1. The molecule has 2 rings (SSSR count). The van der Waals surface area contributed by atoms with Crippen LogP contribution in [0.3, 0.4) is 0 Å². The first-order chi connectivity index (χ1) is 9.02. The molecule has 104 valence electrons. The SMILES string of the molecule is Cc1cc(C)cc(NC(=O)NC2CCC(C)CC2)c1. The van der Waals surface area contributed by atoms with Crippen LogP contribution >= 0.6 is 0 Å². The molecular formula is C16H24N2O. The number of urea groups is 1. The number of carbonyl (C=O) groups excluding carboxylic acids is 1. The quantitative estimate of drug-likeness (QED) is 0.829.